The molecule has 1 aliphatic heterocycles. The lowest BCUT2D eigenvalue weighted by Crippen LogP contribution is -2.62. The van der Waals surface area contributed by atoms with Gasteiger partial charge < -0.3 is 26.4 Å². The Hall–Kier alpha value is -4.26. The summed E-state index contributed by atoms with van der Waals surface area (Å²) in [4.78, 5) is 65.8. The molecule has 5 N–H and O–H groups in total. The van der Waals surface area contributed by atoms with E-state index in [2.05, 4.69) is 16.0 Å². The van der Waals surface area contributed by atoms with Crippen molar-refractivity contribution in [2.75, 3.05) is 13.2 Å². The molecular formula is C33H37F3N4O6. The Bertz CT molecular complexity index is 1460. The summed E-state index contributed by atoms with van der Waals surface area (Å²) in [5.74, 6) is -5.72. The van der Waals surface area contributed by atoms with Crippen LogP contribution in [0.1, 0.15) is 62.5 Å². The fraction of sp³-hybridized carbons (Fsp3) is 0.485. The standard InChI is InChI=1S/C33H37F3N4O6/c34-33(35,36)31(46)40-32(23-12-6-4-10-21(23)22-11-5-7-13-24(22)32)30(45)39-26(16-19-8-2-1-3-9-19)29(44)38-25(27(42)18-41)17-20-14-15-37-28(20)43/h4-7,10-13,19-20,25-26,41H,1-3,8-9,14-18H2,(H,37,43)(H,38,44)(H,39,45)(H,40,46)/t20-,25+,26-/m1/s1. The third-order valence-corrected chi connectivity index (χ3v) is 9.31. The maximum Gasteiger partial charge on any atom is 0.471 e. The van der Waals surface area contributed by atoms with Crippen molar-refractivity contribution in [3.05, 3.63) is 59.7 Å². The van der Waals surface area contributed by atoms with E-state index in [1.165, 1.54) is 12.1 Å². The lowest BCUT2D eigenvalue weighted by Gasteiger charge is -2.35. The van der Waals surface area contributed by atoms with Crippen molar-refractivity contribution < 1.29 is 42.3 Å². The second kappa shape index (κ2) is 13.6. The fourth-order valence-electron chi connectivity index (χ4n) is 6.97. The van der Waals surface area contributed by atoms with Crippen molar-refractivity contribution in [2.45, 2.75) is 75.2 Å². The summed E-state index contributed by atoms with van der Waals surface area (Å²) < 4.78 is 41.2. The Morgan fingerprint density at radius 2 is 1.48 bits per heavy atom. The molecule has 3 atom stereocenters. The molecule has 46 heavy (non-hydrogen) atoms. The van der Waals surface area contributed by atoms with Crippen molar-refractivity contribution in [1.29, 1.82) is 0 Å². The fourth-order valence-corrected chi connectivity index (χ4v) is 6.97. The number of benzene rings is 2. The van der Waals surface area contributed by atoms with Gasteiger partial charge in [0.05, 0.1) is 6.04 Å². The molecule has 1 heterocycles. The molecule has 2 fully saturated rings. The third kappa shape index (κ3) is 6.64. The molecule has 0 aromatic heterocycles. The van der Waals surface area contributed by atoms with Crippen LogP contribution in [0.3, 0.4) is 0 Å². The Labute approximate surface area is 263 Å². The first-order valence-electron chi connectivity index (χ1n) is 15.6. The number of aliphatic hydroxyl groups is 1. The van der Waals surface area contributed by atoms with Gasteiger partial charge in [-0.05, 0) is 47.4 Å². The Morgan fingerprint density at radius 3 is 2.02 bits per heavy atom. The maximum absolute atomic E-state index is 14.5. The molecule has 5 rings (SSSR count). The average Bonchev–Trinajstić information content (AvgIpc) is 3.58. The van der Waals surface area contributed by atoms with Gasteiger partial charge in [0.2, 0.25) is 11.8 Å². The summed E-state index contributed by atoms with van der Waals surface area (Å²) >= 11 is 0. The van der Waals surface area contributed by atoms with Gasteiger partial charge in [-0.1, -0.05) is 80.6 Å². The minimum Gasteiger partial charge on any atom is -0.389 e. The first-order valence-corrected chi connectivity index (χ1v) is 15.6. The number of rotatable bonds is 11. The van der Waals surface area contributed by atoms with Gasteiger partial charge in [0, 0.05) is 12.5 Å². The number of Topliss-reactive ketones (excluding diaryl/α,β-unsaturated/α-hetero) is 1. The summed E-state index contributed by atoms with van der Waals surface area (Å²) in [5, 5.41) is 19.5. The second-order valence-corrected chi connectivity index (χ2v) is 12.3. The van der Waals surface area contributed by atoms with Crippen molar-refractivity contribution in [3.8, 4) is 11.1 Å². The van der Waals surface area contributed by atoms with E-state index in [9.17, 15) is 42.3 Å². The lowest BCUT2D eigenvalue weighted by molar-refractivity contribution is -0.176. The van der Waals surface area contributed by atoms with Crippen LogP contribution in [0, 0.1) is 11.8 Å². The Balaban J connectivity index is 1.51. The molecule has 4 amide bonds. The minimum atomic E-state index is -5.32. The van der Waals surface area contributed by atoms with Crippen LogP contribution in [0.25, 0.3) is 11.1 Å². The van der Waals surface area contributed by atoms with Gasteiger partial charge in [0.25, 0.3) is 5.91 Å². The van der Waals surface area contributed by atoms with Crippen LogP contribution in [-0.4, -0.2) is 65.9 Å². The van der Waals surface area contributed by atoms with Crippen LogP contribution in [0.15, 0.2) is 48.5 Å². The van der Waals surface area contributed by atoms with Crippen LogP contribution in [0.2, 0.25) is 0 Å². The highest BCUT2D eigenvalue weighted by Gasteiger charge is 2.54. The molecule has 0 bridgehead atoms. The lowest BCUT2D eigenvalue weighted by atomic mass is 9.83. The van der Waals surface area contributed by atoms with Gasteiger partial charge in [-0.25, -0.2) is 0 Å². The molecule has 0 unspecified atom stereocenters. The van der Waals surface area contributed by atoms with Gasteiger partial charge in [-0.3, -0.25) is 24.0 Å². The molecule has 10 nitrogen and oxygen atoms in total. The van der Waals surface area contributed by atoms with Gasteiger partial charge in [0.15, 0.2) is 11.3 Å². The first kappa shape index (κ1) is 33.1. The van der Waals surface area contributed by atoms with Crippen LogP contribution >= 0.6 is 0 Å². The van der Waals surface area contributed by atoms with Crippen LogP contribution in [-0.2, 0) is 29.5 Å². The van der Waals surface area contributed by atoms with Crippen LogP contribution in [0.4, 0.5) is 13.2 Å². The summed E-state index contributed by atoms with van der Waals surface area (Å²) in [7, 11) is 0. The monoisotopic (exact) mass is 642 g/mol. The molecule has 246 valence electrons. The zero-order valence-corrected chi connectivity index (χ0v) is 25.1. The van der Waals surface area contributed by atoms with E-state index in [1.807, 2.05) is 5.32 Å². The van der Waals surface area contributed by atoms with E-state index in [1.54, 1.807) is 36.4 Å². The number of hydrogen-bond donors (Lipinski definition) is 5. The van der Waals surface area contributed by atoms with Gasteiger partial charge >= 0.3 is 12.1 Å². The minimum absolute atomic E-state index is 0.00118. The molecule has 2 aromatic carbocycles. The van der Waals surface area contributed by atoms with Gasteiger partial charge in [0.1, 0.15) is 12.6 Å². The Morgan fingerprint density at radius 1 is 0.870 bits per heavy atom. The van der Waals surface area contributed by atoms with E-state index in [0.717, 1.165) is 32.1 Å². The predicted molar refractivity (Wildman–Crippen MR) is 160 cm³/mol. The number of aliphatic hydroxyl groups excluding tert-OH is 1. The quantitative estimate of drug-likeness (QED) is 0.254. The molecular weight excluding hydrogens is 605 g/mol. The second-order valence-electron chi connectivity index (χ2n) is 12.3. The van der Waals surface area contributed by atoms with E-state index >= 15 is 0 Å². The number of ketones is 1. The normalized spacial score (nSPS) is 20.1. The van der Waals surface area contributed by atoms with E-state index < -0.39 is 59.8 Å². The molecule has 13 heteroatoms. The summed E-state index contributed by atoms with van der Waals surface area (Å²) in [5.41, 5.74) is -1.19. The summed E-state index contributed by atoms with van der Waals surface area (Å²) in [6, 6.07) is 10.1. The number of amides is 4. The van der Waals surface area contributed by atoms with Crippen molar-refractivity contribution in [3.63, 3.8) is 0 Å². The third-order valence-electron chi connectivity index (χ3n) is 9.31. The number of fused-ring (bicyclic) bond motifs is 3. The zero-order valence-electron chi connectivity index (χ0n) is 25.1. The maximum atomic E-state index is 14.5. The van der Waals surface area contributed by atoms with E-state index in [-0.39, 0.29) is 35.8 Å². The van der Waals surface area contributed by atoms with E-state index in [0.29, 0.717) is 24.1 Å². The average molecular weight is 643 g/mol. The zero-order chi connectivity index (χ0) is 33.1. The topological polar surface area (TPSA) is 154 Å². The van der Waals surface area contributed by atoms with Crippen molar-refractivity contribution >= 4 is 29.4 Å². The highest BCUT2D eigenvalue weighted by atomic mass is 19.4. The van der Waals surface area contributed by atoms with Gasteiger partial charge in [-0.2, -0.15) is 13.2 Å². The first-order chi connectivity index (χ1) is 22.0. The van der Waals surface area contributed by atoms with Crippen LogP contribution < -0.4 is 21.3 Å². The van der Waals surface area contributed by atoms with Crippen molar-refractivity contribution in [1.82, 2.24) is 21.3 Å². The number of carbonyl (C=O) groups is 5. The molecule has 2 aliphatic carbocycles. The smallest absolute Gasteiger partial charge is 0.389 e. The van der Waals surface area contributed by atoms with Crippen molar-refractivity contribution in [2.24, 2.45) is 11.8 Å². The highest BCUT2D eigenvalue weighted by Crippen LogP contribution is 2.48. The summed E-state index contributed by atoms with van der Waals surface area (Å²) in [6.45, 7) is -0.481. The number of nitrogens with one attached hydrogen (secondary N) is 4. The SMILES string of the molecule is O=C1NCC[C@@H]1C[C@H](NC(=O)[C@@H](CC1CCCCC1)NC(=O)C1(NC(=O)C(F)(F)F)c2ccccc2-c2ccccc21)C(=O)CO. The Kier molecular flexibility index (Phi) is 9.80. The molecule has 3 aliphatic rings. The molecule has 0 spiro atoms. The number of halogens is 3. The van der Waals surface area contributed by atoms with Crippen LogP contribution in [0.5, 0.6) is 0 Å². The molecule has 0 radical (unpaired) electrons. The predicted octanol–water partition coefficient (Wildman–Crippen LogP) is 2.62. The van der Waals surface area contributed by atoms with Gasteiger partial charge in [-0.15, -0.1) is 0 Å². The van der Waals surface area contributed by atoms with E-state index in [4.69, 9.17) is 0 Å². The number of alkyl halides is 3. The molecule has 1 saturated heterocycles. The number of hydrogen-bond acceptors (Lipinski definition) is 6. The molecule has 2 aromatic rings. The summed E-state index contributed by atoms with van der Waals surface area (Å²) in [6.07, 6.45) is -0.457. The largest absolute Gasteiger partial charge is 0.471 e. The number of carbonyl (C=O) groups excluding carboxylic acids is 5. The highest BCUT2D eigenvalue weighted by molar-refractivity contribution is 6.05. The molecule has 1 saturated carbocycles.